The third kappa shape index (κ3) is 6.29. The molecule has 2 atom stereocenters. The molecule has 4 rings (SSSR count). The molecule has 0 saturated heterocycles. The number of alkyl halides is 3. The summed E-state index contributed by atoms with van der Waals surface area (Å²) in [5, 5.41) is 7.78. The fourth-order valence-corrected chi connectivity index (χ4v) is 4.68. The van der Waals surface area contributed by atoms with Crippen LogP contribution in [0.25, 0.3) is 10.9 Å². The first-order chi connectivity index (χ1) is 16.2. The number of nitrogens with one attached hydrogen (secondary N) is 2. The van der Waals surface area contributed by atoms with E-state index in [-0.39, 0.29) is 11.8 Å². The zero-order valence-electron chi connectivity index (χ0n) is 19.0. The molecule has 6 nitrogen and oxygen atoms in total. The molecule has 10 heteroatoms. The highest BCUT2D eigenvalue weighted by atomic mass is 79.9. The van der Waals surface area contributed by atoms with Gasteiger partial charge in [0.2, 0.25) is 5.95 Å². The van der Waals surface area contributed by atoms with E-state index < -0.39 is 6.36 Å². The molecule has 1 saturated carbocycles. The number of aromatic nitrogens is 2. The summed E-state index contributed by atoms with van der Waals surface area (Å²) in [6, 6.07) is 12.9. The largest absolute Gasteiger partial charge is 0.573 e. The van der Waals surface area contributed by atoms with Crippen molar-refractivity contribution in [2.45, 2.75) is 38.2 Å². The highest BCUT2D eigenvalue weighted by Crippen LogP contribution is 2.31. The number of hydrogen-bond acceptors (Lipinski definition) is 6. The molecule has 34 heavy (non-hydrogen) atoms. The molecule has 0 spiro atoms. The molecule has 2 N–H and O–H groups in total. The van der Waals surface area contributed by atoms with Crippen molar-refractivity contribution in [2.24, 2.45) is 5.92 Å². The SMILES string of the molecule is CN(C)c1nc(N[C@H]2CC[C@@H](CNCc3ccc(Br)cc3OC(F)(F)F)C2)nc2ccccc12. The van der Waals surface area contributed by atoms with Crippen LogP contribution in [0.15, 0.2) is 46.9 Å². The van der Waals surface area contributed by atoms with Crippen LogP contribution < -0.4 is 20.3 Å². The summed E-state index contributed by atoms with van der Waals surface area (Å²) in [5.74, 6) is 1.71. The van der Waals surface area contributed by atoms with Gasteiger partial charge in [0.05, 0.1) is 5.52 Å². The molecule has 1 fully saturated rings. The molecule has 0 radical (unpaired) electrons. The topological polar surface area (TPSA) is 62.3 Å². The van der Waals surface area contributed by atoms with Crippen molar-refractivity contribution in [3.05, 3.63) is 52.5 Å². The van der Waals surface area contributed by atoms with Crippen molar-refractivity contribution in [1.29, 1.82) is 0 Å². The molecular formula is C24H27BrF3N5O. The smallest absolute Gasteiger partial charge is 0.405 e. The molecule has 2 aromatic carbocycles. The van der Waals surface area contributed by atoms with Gasteiger partial charge in [0.1, 0.15) is 11.6 Å². The van der Waals surface area contributed by atoms with Gasteiger partial charge in [0.15, 0.2) is 0 Å². The molecule has 0 amide bonds. The first kappa shape index (κ1) is 24.5. The molecule has 0 bridgehead atoms. The van der Waals surface area contributed by atoms with Crippen LogP contribution in [0.1, 0.15) is 24.8 Å². The Morgan fingerprint density at radius 3 is 2.68 bits per heavy atom. The summed E-state index contributed by atoms with van der Waals surface area (Å²) in [6.07, 6.45) is -1.78. The third-order valence-electron chi connectivity index (χ3n) is 5.88. The highest BCUT2D eigenvalue weighted by molar-refractivity contribution is 9.10. The number of hydrogen-bond donors (Lipinski definition) is 2. The van der Waals surface area contributed by atoms with Gasteiger partial charge in [0.25, 0.3) is 0 Å². The van der Waals surface area contributed by atoms with Crippen LogP contribution in [0.5, 0.6) is 5.75 Å². The van der Waals surface area contributed by atoms with Crippen molar-refractivity contribution in [2.75, 3.05) is 30.9 Å². The van der Waals surface area contributed by atoms with E-state index in [2.05, 4.69) is 36.3 Å². The monoisotopic (exact) mass is 537 g/mol. The summed E-state index contributed by atoms with van der Waals surface area (Å²) in [7, 11) is 3.93. The van der Waals surface area contributed by atoms with Gasteiger partial charge in [-0.15, -0.1) is 13.2 Å². The van der Waals surface area contributed by atoms with Crippen molar-refractivity contribution >= 4 is 38.6 Å². The number of nitrogens with zero attached hydrogens (tertiary/aromatic N) is 3. The van der Waals surface area contributed by atoms with Gasteiger partial charge < -0.3 is 20.3 Å². The van der Waals surface area contributed by atoms with E-state index in [4.69, 9.17) is 4.98 Å². The molecule has 1 aliphatic rings. The normalized spacial score (nSPS) is 18.3. The number of halogens is 4. The predicted molar refractivity (Wildman–Crippen MR) is 131 cm³/mol. The lowest BCUT2D eigenvalue weighted by atomic mass is 10.1. The van der Waals surface area contributed by atoms with Crippen LogP contribution in [0, 0.1) is 5.92 Å². The van der Waals surface area contributed by atoms with Crippen molar-refractivity contribution < 1.29 is 17.9 Å². The van der Waals surface area contributed by atoms with Gasteiger partial charge in [-0.25, -0.2) is 4.98 Å². The average molecular weight is 538 g/mol. The van der Waals surface area contributed by atoms with E-state index in [0.717, 1.165) is 36.0 Å². The van der Waals surface area contributed by atoms with Crippen LogP contribution in [0.4, 0.5) is 24.9 Å². The molecular weight excluding hydrogens is 511 g/mol. The molecule has 182 valence electrons. The minimum atomic E-state index is -4.73. The standard InChI is InChI=1S/C24H27BrF3N5O/c1-33(2)22-19-5-3-4-6-20(19)31-23(32-22)30-18-10-7-15(11-18)13-29-14-16-8-9-17(25)12-21(16)34-24(26,27)28/h3-6,8-9,12,15,18,29H,7,10-11,13-14H2,1-2H3,(H,30,31,32)/t15-,18+/m1/s1. The molecule has 0 unspecified atom stereocenters. The van der Waals surface area contributed by atoms with Crippen LogP contribution >= 0.6 is 15.9 Å². The maximum atomic E-state index is 12.7. The second-order valence-electron chi connectivity index (χ2n) is 8.73. The second-order valence-corrected chi connectivity index (χ2v) is 9.65. The van der Waals surface area contributed by atoms with E-state index >= 15 is 0 Å². The Morgan fingerprint density at radius 1 is 1.12 bits per heavy atom. The molecule has 1 aromatic heterocycles. The minimum Gasteiger partial charge on any atom is -0.405 e. The second kappa shape index (κ2) is 10.4. The summed E-state index contributed by atoms with van der Waals surface area (Å²) >= 11 is 3.20. The maximum Gasteiger partial charge on any atom is 0.573 e. The lowest BCUT2D eigenvalue weighted by Gasteiger charge is -2.18. The van der Waals surface area contributed by atoms with E-state index in [9.17, 15) is 13.2 Å². The first-order valence-electron chi connectivity index (χ1n) is 11.1. The Labute approximate surface area is 205 Å². The Morgan fingerprint density at radius 2 is 1.91 bits per heavy atom. The number of anilines is 2. The average Bonchev–Trinajstić information content (AvgIpc) is 3.20. The van der Waals surface area contributed by atoms with Gasteiger partial charge in [0, 0.05) is 42.1 Å². The number of rotatable bonds is 8. The van der Waals surface area contributed by atoms with Crippen LogP contribution in [0.2, 0.25) is 0 Å². The third-order valence-corrected chi connectivity index (χ3v) is 6.38. The zero-order valence-corrected chi connectivity index (χ0v) is 20.6. The van der Waals surface area contributed by atoms with E-state index in [1.165, 1.54) is 6.07 Å². The lowest BCUT2D eigenvalue weighted by Crippen LogP contribution is -2.24. The predicted octanol–water partition coefficient (Wildman–Crippen LogP) is 5.73. The molecule has 1 heterocycles. The van der Waals surface area contributed by atoms with Crippen molar-refractivity contribution in [3.63, 3.8) is 0 Å². The summed E-state index contributed by atoms with van der Waals surface area (Å²) < 4.78 is 42.9. The Bertz CT molecular complexity index is 1140. The fourth-order valence-electron chi connectivity index (χ4n) is 4.34. The number of ether oxygens (including phenoxy) is 1. The first-order valence-corrected chi connectivity index (χ1v) is 11.9. The van der Waals surface area contributed by atoms with Gasteiger partial charge in [-0.05, 0) is 56.0 Å². The van der Waals surface area contributed by atoms with Crippen molar-refractivity contribution in [3.8, 4) is 5.75 Å². The molecule has 3 aromatic rings. The quantitative estimate of drug-likeness (QED) is 0.382. The summed E-state index contributed by atoms with van der Waals surface area (Å²) in [5.41, 5.74) is 1.36. The Kier molecular flexibility index (Phi) is 7.47. The van der Waals surface area contributed by atoms with Crippen LogP contribution in [0.3, 0.4) is 0 Å². The number of para-hydroxylation sites is 1. The molecule has 0 aliphatic heterocycles. The van der Waals surface area contributed by atoms with Gasteiger partial charge in [-0.1, -0.05) is 34.1 Å². The van der Waals surface area contributed by atoms with E-state index in [0.29, 0.717) is 35.0 Å². The van der Waals surface area contributed by atoms with Crippen LogP contribution in [-0.4, -0.2) is 43.0 Å². The highest BCUT2D eigenvalue weighted by Gasteiger charge is 2.32. The number of fused-ring (bicyclic) bond motifs is 1. The van der Waals surface area contributed by atoms with Crippen LogP contribution in [-0.2, 0) is 6.54 Å². The zero-order chi connectivity index (χ0) is 24.3. The van der Waals surface area contributed by atoms with E-state index in [1.807, 2.05) is 43.3 Å². The van der Waals surface area contributed by atoms with Gasteiger partial charge in [-0.2, -0.15) is 4.98 Å². The Balaban J connectivity index is 1.33. The minimum absolute atomic E-state index is 0.189. The van der Waals surface area contributed by atoms with E-state index in [1.54, 1.807) is 12.1 Å². The number of benzene rings is 2. The lowest BCUT2D eigenvalue weighted by molar-refractivity contribution is -0.274. The Hall–Kier alpha value is -2.59. The molecule has 1 aliphatic carbocycles. The summed E-state index contributed by atoms with van der Waals surface area (Å²) in [4.78, 5) is 11.4. The van der Waals surface area contributed by atoms with Gasteiger partial charge >= 0.3 is 6.36 Å². The summed E-state index contributed by atoms with van der Waals surface area (Å²) in [6.45, 7) is 1.01. The maximum absolute atomic E-state index is 12.7. The van der Waals surface area contributed by atoms with Crippen molar-refractivity contribution in [1.82, 2.24) is 15.3 Å². The fraction of sp³-hybridized carbons (Fsp3) is 0.417. The van der Waals surface area contributed by atoms with Gasteiger partial charge in [-0.3, -0.25) is 0 Å².